The summed E-state index contributed by atoms with van der Waals surface area (Å²) in [5.74, 6) is 0.534. The van der Waals surface area contributed by atoms with Crippen molar-refractivity contribution in [2.75, 3.05) is 5.73 Å². The summed E-state index contributed by atoms with van der Waals surface area (Å²) in [5.41, 5.74) is 13.6. The standard InChI is InChI=1S/C10H15N3/c1-3-4-9(11)8-6-13-10(12)5-7(8)2/h3,5-6,9H,1,4,11H2,2H3,(H2,12,13)/t9-/m0/s1. The highest BCUT2D eigenvalue weighted by Crippen LogP contribution is 2.18. The van der Waals surface area contributed by atoms with Crippen molar-refractivity contribution in [3.63, 3.8) is 0 Å². The Kier molecular flexibility index (Phi) is 3.03. The Morgan fingerprint density at radius 3 is 2.92 bits per heavy atom. The zero-order valence-electron chi connectivity index (χ0n) is 7.83. The molecule has 0 bridgehead atoms. The summed E-state index contributed by atoms with van der Waals surface area (Å²) < 4.78 is 0. The molecule has 0 aliphatic carbocycles. The fourth-order valence-electron chi connectivity index (χ4n) is 1.28. The van der Waals surface area contributed by atoms with E-state index in [-0.39, 0.29) is 6.04 Å². The van der Waals surface area contributed by atoms with E-state index in [2.05, 4.69) is 11.6 Å². The number of nitrogens with zero attached hydrogens (tertiary/aromatic N) is 1. The molecular formula is C10H15N3. The average Bonchev–Trinajstić information content (AvgIpc) is 2.04. The van der Waals surface area contributed by atoms with Gasteiger partial charge in [0.2, 0.25) is 0 Å². The molecule has 1 heterocycles. The number of aromatic nitrogens is 1. The molecule has 1 atom stereocenters. The monoisotopic (exact) mass is 177 g/mol. The van der Waals surface area contributed by atoms with Crippen molar-refractivity contribution in [3.8, 4) is 0 Å². The number of hydrogen-bond acceptors (Lipinski definition) is 3. The molecule has 0 saturated carbocycles. The van der Waals surface area contributed by atoms with E-state index in [1.165, 1.54) is 0 Å². The third-order valence-electron chi connectivity index (χ3n) is 1.99. The van der Waals surface area contributed by atoms with Crippen LogP contribution in [0.3, 0.4) is 0 Å². The van der Waals surface area contributed by atoms with Gasteiger partial charge in [0, 0.05) is 12.2 Å². The van der Waals surface area contributed by atoms with Gasteiger partial charge in [-0.1, -0.05) is 6.08 Å². The maximum absolute atomic E-state index is 5.90. The Labute approximate surface area is 78.5 Å². The molecule has 0 aromatic carbocycles. The predicted octanol–water partition coefficient (Wildman–Crippen LogP) is 1.55. The highest BCUT2D eigenvalue weighted by molar-refractivity contribution is 5.37. The summed E-state index contributed by atoms with van der Waals surface area (Å²) in [4.78, 5) is 4.01. The fraction of sp³-hybridized carbons (Fsp3) is 0.300. The predicted molar refractivity (Wildman–Crippen MR) is 55.1 cm³/mol. The lowest BCUT2D eigenvalue weighted by molar-refractivity contribution is 0.732. The van der Waals surface area contributed by atoms with E-state index in [1.807, 2.05) is 13.0 Å². The van der Waals surface area contributed by atoms with Gasteiger partial charge in [-0.15, -0.1) is 6.58 Å². The van der Waals surface area contributed by atoms with Crippen LogP contribution in [0.2, 0.25) is 0 Å². The normalized spacial score (nSPS) is 12.5. The maximum Gasteiger partial charge on any atom is 0.123 e. The first-order valence-electron chi connectivity index (χ1n) is 4.23. The minimum Gasteiger partial charge on any atom is -0.384 e. The maximum atomic E-state index is 5.90. The van der Waals surface area contributed by atoms with Crippen molar-refractivity contribution in [2.24, 2.45) is 5.73 Å². The first-order valence-corrected chi connectivity index (χ1v) is 4.23. The molecule has 1 aromatic rings. The molecule has 0 fully saturated rings. The van der Waals surface area contributed by atoms with Gasteiger partial charge in [0.05, 0.1) is 0 Å². The molecule has 0 unspecified atom stereocenters. The molecule has 0 aliphatic heterocycles. The van der Waals surface area contributed by atoms with E-state index in [0.717, 1.165) is 17.5 Å². The number of rotatable bonds is 3. The summed E-state index contributed by atoms with van der Waals surface area (Å²) in [7, 11) is 0. The number of nitrogens with two attached hydrogens (primary N) is 2. The van der Waals surface area contributed by atoms with Gasteiger partial charge in [0.25, 0.3) is 0 Å². The number of aryl methyl sites for hydroxylation is 1. The Morgan fingerprint density at radius 2 is 2.38 bits per heavy atom. The van der Waals surface area contributed by atoms with Gasteiger partial charge >= 0.3 is 0 Å². The van der Waals surface area contributed by atoms with Crippen LogP contribution in [0.15, 0.2) is 24.9 Å². The van der Waals surface area contributed by atoms with Crippen LogP contribution >= 0.6 is 0 Å². The Morgan fingerprint density at radius 1 is 1.69 bits per heavy atom. The van der Waals surface area contributed by atoms with E-state index >= 15 is 0 Å². The van der Waals surface area contributed by atoms with Crippen LogP contribution in [0.5, 0.6) is 0 Å². The zero-order valence-corrected chi connectivity index (χ0v) is 7.83. The van der Waals surface area contributed by atoms with Crippen molar-refractivity contribution < 1.29 is 0 Å². The number of hydrogen-bond donors (Lipinski definition) is 2. The lowest BCUT2D eigenvalue weighted by Gasteiger charge is -2.12. The van der Waals surface area contributed by atoms with Crippen LogP contribution < -0.4 is 11.5 Å². The zero-order chi connectivity index (χ0) is 9.84. The topological polar surface area (TPSA) is 64.9 Å². The Balaban J connectivity index is 2.94. The largest absolute Gasteiger partial charge is 0.384 e. The Bertz CT molecular complexity index is 307. The number of pyridine rings is 1. The lowest BCUT2D eigenvalue weighted by atomic mass is 10.0. The summed E-state index contributed by atoms with van der Waals surface area (Å²) in [6.45, 7) is 5.63. The van der Waals surface area contributed by atoms with Gasteiger partial charge in [0.15, 0.2) is 0 Å². The van der Waals surface area contributed by atoms with E-state index in [1.54, 1.807) is 12.3 Å². The fourth-order valence-corrected chi connectivity index (χ4v) is 1.28. The molecule has 0 spiro atoms. The molecule has 3 nitrogen and oxygen atoms in total. The molecule has 0 saturated heterocycles. The van der Waals surface area contributed by atoms with E-state index in [9.17, 15) is 0 Å². The first kappa shape index (κ1) is 9.74. The van der Waals surface area contributed by atoms with Crippen LogP contribution in [0, 0.1) is 6.92 Å². The molecule has 1 aromatic heterocycles. The van der Waals surface area contributed by atoms with Crippen molar-refractivity contribution in [1.82, 2.24) is 4.98 Å². The van der Waals surface area contributed by atoms with Gasteiger partial charge in [-0.25, -0.2) is 4.98 Å². The molecule has 1 rings (SSSR count). The summed E-state index contributed by atoms with van der Waals surface area (Å²) in [6, 6.07) is 1.81. The Hall–Kier alpha value is -1.35. The van der Waals surface area contributed by atoms with Gasteiger partial charge in [-0.2, -0.15) is 0 Å². The van der Waals surface area contributed by atoms with Gasteiger partial charge in [0.1, 0.15) is 5.82 Å². The minimum atomic E-state index is -0.0226. The lowest BCUT2D eigenvalue weighted by Crippen LogP contribution is -2.11. The van der Waals surface area contributed by atoms with Gasteiger partial charge < -0.3 is 11.5 Å². The highest BCUT2D eigenvalue weighted by atomic mass is 14.8. The molecule has 3 heteroatoms. The second-order valence-electron chi connectivity index (χ2n) is 3.10. The molecule has 0 amide bonds. The molecule has 13 heavy (non-hydrogen) atoms. The van der Waals surface area contributed by atoms with Crippen LogP contribution in [-0.2, 0) is 0 Å². The van der Waals surface area contributed by atoms with Crippen molar-refractivity contribution in [1.29, 1.82) is 0 Å². The van der Waals surface area contributed by atoms with Crippen LogP contribution in [-0.4, -0.2) is 4.98 Å². The molecule has 70 valence electrons. The molecular weight excluding hydrogens is 162 g/mol. The van der Waals surface area contributed by atoms with Crippen LogP contribution in [0.1, 0.15) is 23.6 Å². The van der Waals surface area contributed by atoms with E-state index in [4.69, 9.17) is 11.5 Å². The van der Waals surface area contributed by atoms with Crippen molar-refractivity contribution >= 4 is 5.82 Å². The number of anilines is 1. The summed E-state index contributed by atoms with van der Waals surface area (Å²) in [5, 5.41) is 0. The van der Waals surface area contributed by atoms with Gasteiger partial charge in [-0.3, -0.25) is 0 Å². The smallest absolute Gasteiger partial charge is 0.123 e. The minimum absolute atomic E-state index is 0.0226. The third kappa shape index (κ3) is 2.29. The molecule has 0 aliphatic rings. The molecule has 0 radical (unpaired) electrons. The highest BCUT2D eigenvalue weighted by Gasteiger charge is 2.07. The molecule has 4 N–H and O–H groups in total. The number of nitrogen functional groups attached to an aromatic ring is 1. The van der Waals surface area contributed by atoms with E-state index in [0.29, 0.717) is 5.82 Å². The van der Waals surface area contributed by atoms with Crippen molar-refractivity contribution in [2.45, 2.75) is 19.4 Å². The quantitative estimate of drug-likeness (QED) is 0.688. The van der Waals surface area contributed by atoms with E-state index < -0.39 is 0 Å². The third-order valence-corrected chi connectivity index (χ3v) is 1.99. The SMILES string of the molecule is C=CC[C@H](N)c1cnc(N)cc1C. The van der Waals surface area contributed by atoms with Crippen LogP contribution in [0.4, 0.5) is 5.82 Å². The second-order valence-corrected chi connectivity index (χ2v) is 3.10. The van der Waals surface area contributed by atoms with Crippen molar-refractivity contribution in [3.05, 3.63) is 36.0 Å². The summed E-state index contributed by atoms with van der Waals surface area (Å²) in [6.07, 6.45) is 4.30. The van der Waals surface area contributed by atoms with Crippen LogP contribution in [0.25, 0.3) is 0 Å². The summed E-state index contributed by atoms with van der Waals surface area (Å²) >= 11 is 0. The average molecular weight is 177 g/mol. The van der Waals surface area contributed by atoms with Gasteiger partial charge in [-0.05, 0) is 30.5 Å². The first-order chi connectivity index (χ1) is 6.15. The second kappa shape index (κ2) is 4.05.